The molecule has 0 spiro atoms. The average molecular weight is 361 g/mol. The van der Waals surface area contributed by atoms with Gasteiger partial charge in [-0.15, -0.1) is 0 Å². The number of ether oxygens (including phenoxy) is 1. The van der Waals surface area contributed by atoms with Crippen LogP contribution in [-0.4, -0.2) is 43.1 Å². The van der Waals surface area contributed by atoms with Crippen LogP contribution in [0.15, 0.2) is 59.7 Å². The summed E-state index contributed by atoms with van der Waals surface area (Å²) < 4.78 is 12.0. The molecule has 0 bridgehead atoms. The van der Waals surface area contributed by atoms with E-state index in [4.69, 9.17) is 9.26 Å². The number of nitrogens with one attached hydrogen (secondary N) is 1. The van der Waals surface area contributed by atoms with Gasteiger partial charge in [-0.25, -0.2) is 15.0 Å². The number of rotatable bonds is 5. The summed E-state index contributed by atoms with van der Waals surface area (Å²) in [5.41, 5.74) is 3.65. The predicted octanol–water partition coefficient (Wildman–Crippen LogP) is 2.71. The molecule has 5 heterocycles. The van der Waals surface area contributed by atoms with Gasteiger partial charge in [0.2, 0.25) is 5.95 Å². The fourth-order valence-corrected chi connectivity index (χ4v) is 2.73. The van der Waals surface area contributed by atoms with E-state index in [1.807, 2.05) is 35.1 Å². The molecule has 27 heavy (non-hydrogen) atoms. The molecule has 1 N–H and O–H groups in total. The Balaban J connectivity index is 1.39. The molecular weight excluding hydrogens is 346 g/mol. The second-order valence-electron chi connectivity index (χ2n) is 6.08. The molecule has 4 aromatic heterocycles. The molecule has 9 nitrogen and oxygen atoms in total. The fourth-order valence-electron chi connectivity index (χ4n) is 2.73. The van der Waals surface area contributed by atoms with Crippen LogP contribution in [0.4, 0.5) is 11.6 Å². The van der Waals surface area contributed by atoms with Gasteiger partial charge < -0.3 is 14.6 Å². The minimum Gasteiger partial charge on any atom is -0.377 e. The molecule has 0 aromatic carbocycles. The van der Waals surface area contributed by atoms with Crippen molar-refractivity contribution >= 4 is 11.6 Å². The highest BCUT2D eigenvalue weighted by Gasteiger charge is 2.21. The Kier molecular flexibility index (Phi) is 3.83. The third kappa shape index (κ3) is 3.15. The molecule has 4 aromatic rings. The third-order valence-corrected chi connectivity index (χ3v) is 4.22. The fraction of sp³-hybridized carbons (Fsp3) is 0.167. The first-order valence-corrected chi connectivity index (χ1v) is 8.45. The van der Waals surface area contributed by atoms with Gasteiger partial charge in [-0.3, -0.25) is 4.68 Å². The van der Waals surface area contributed by atoms with Crippen LogP contribution in [0.5, 0.6) is 0 Å². The van der Waals surface area contributed by atoms with Crippen LogP contribution >= 0.6 is 0 Å². The first kappa shape index (κ1) is 15.6. The van der Waals surface area contributed by atoms with Crippen LogP contribution in [0, 0.1) is 0 Å². The van der Waals surface area contributed by atoms with Crippen LogP contribution < -0.4 is 5.32 Å². The smallest absolute Gasteiger partial charge is 0.227 e. The Morgan fingerprint density at radius 2 is 1.85 bits per heavy atom. The van der Waals surface area contributed by atoms with E-state index in [-0.39, 0.29) is 0 Å². The van der Waals surface area contributed by atoms with Crippen molar-refractivity contribution in [2.24, 2.45) is 0 Å². The van der Waals surface area contributed by atoms with E-state index >= 15 is 0 Å². The lowest BCUT2D eigenvalue weighted by Crippen LogP contribution is -2.30. The zero-order valence-electron chi connectivity index (χ0n) is 14.2. The summed E-state index contributed by atoms with van der Waals surface area (Å²) in [5, 5.41) is 11.4. The van der Waals surface area contributed by atoms with Gasteiger partial charge >= 0.3 is 0 Å². The van der Waals surface area contributed by atoms with Crippen molar-refractivity contribution in [1.29, 1.82) is 0 Å². The molecule has 1 saturated heterocycles. The normalized spacial score (nSPS) is 14.1. The van der Waals surface area contributed by atoms with Crippen molar-refractivity contribution in [2.75, 3.05) is 18.5 Å². The highest BCUT2D eigenvalue weighted by atomic mass is 16.5. The third-order valence-electron chi connectivity index (χ3n) is 4.22. The number of hydrogen-bond donors (Lipinski definition) is 1. The Bertz CT molecular complexity index is 1060. The molecule has 0 aliphatic carbocycles. The van der Waals surface area contributed by atoms with Crippen molar-refractivity contribution in [2.45, 2.75) is 6.04 Å². The number of nitrogens with zero attached hydrogens (tertiary/aromatic N) is 6. The van der Waals surface area contributed by atoms with Gasteiger partial charge in [-0.2, -0.15) is 5.10 Å². The lowest BCUT2D eigenvalue weighted by molar-refractivity contribution is -0.0286. The summed E-state index contributed by atoms with van der Waals surface area (Å²) in [4.78, 5) is 13.4. The lowest BCUT2D eigenvalue weighted by Gasteiger charge is -2.25. The summed E-state index contributed by atoms with van der Waals surface area (Å²) in [7, 11) is 0. The van der Waals surface area contributed by atoms with Gasteiger partial charge in [0.05, 0.1) is 48.2 Å². The monoisotopic (exact) mass is 361 g/mol. The Labute approximate surface area is 154 Å². The molecule has 5 rings (SSSR count). The number of hydrogen-bond acceptors (Lipinski definition) is 8. The standard InChI is InChI=1S/C18H15N7O2/c1-2-14(22-15(3-1)17-5-7-27-24-17)16-4-6-19-18(23-16)21-12-8-20-25(9-12)13-10-26-11-13/h1-9,13H,10-11H2,(H,19,21,23). The molecule has 9 heteroatoms. The van der Waals surface area contributed by atoms with E-state index in [2.05, 4.69) is 30.5 Å². The van der Waals surface area contributed by atoms with Crippen molar-refractivity contribution in [3.8, 4) is 22.8 Å². The second-order valence-corrected chi connectivity index (χ2v) is 6.08. The van der Waals surface area contributed by atoms with Gasteiger partial charge in [0, 0.05) is 18.5 Å². The maximum atomic E-state index is 5.19. The van der Waals surface area contributed by atoms with Gasteiger partial charge in [0.25, 0.3) is 0 Å². The number of pyridine rings is 1. The Hall–Kier alpha value is -3.59. The highest BCUT2D eigenvalue weighted by Crippen LogP contribution is 2.22. The molecule has 0 unspecified atom stereocenters. The molecule has 0 amide bonds. The number of anilines is 2. The van der Waals surface area contributed by atoms with E-state index in [0.29, 0.717) is 36.6 Å². The largest absolute Gasteiger partial charge is 0.377 e. The highest BCUT2D eigenvalue weighted by molar-refractivity contribution is 5.62. The van der Waals surface area contributed by atoms with Gasteiger partial charge in [-0.1, -0.05) is 11.2 Å². The first-order valence-electron chi connectivity index (χ1n) is 8.45. The van der Waals surface area contributed by atoms with Gasteiger partial charge in [0.1, 0.15) is 12.0 Å². The molecule has 1 aliphatic rings. The van der Waals surface area contributed by atoms with E-state index in [1.165, 1.54) is 6.26 Å². The van der Waals surface area contributed by atoms with E-state index in [1.54, 1.807) is 18.5 Å². The summed E-state index contributed by atoms with van der Waals surface area (Å²) >= 11 is 0. The summed E-state index contributed by atoms with van der Waals surface area (Å²) in [5.74, 6) is 0.477. The molecule has 134 valence electrons. The molecule has 1 fully saturated rings. The molecule has 0 saturated carbocycles. The van der Waals surface area contributed by atoms with Gasteiger partial charge in [-0.05, 0) is 18.2 Å². The van der Waals surface area contributed by atoms with Crippen molar-refractivity contribution < 1.29 is 9.26 Å². The quantitative estimate of drug-likeness (QED) is 0.579. The maximum Gasteiger partial charge on any atom is 0.227 e. The van der Waals surface area contributed by atoms with Crippen LogP contribution in [0.3, 0.4) is 0 Å². The Morgan fingerprint density at radius 1 is 1.00 bits per heavy atom. The zero-order valence-corrected chi connectivity index (χ0v) is 14.2. The lowest BCUT2D eigenvalue weighted by atomic mass is 10.2. The van der Waals surface area contributed by atoms with E-state index in [9.17, 15) is 0 Å². The van der Waals surface area contributed by atoms with Crippen LogP contribution in [-0.2, 0) is 4.74 Å². The minimum atomic E-state index is 0.302. The maximum absolute atomic E-state index is 5.19. The topological polar surface area (TPSA) is 104 Å². The summed E-state index contributed by atoms with van der Waals surface area (Å²) in [6, 6.07) is 9.56. The molecular formula is C18H15N7O2. The molecule has 0 atom stereocenters. The summed E-state index contributed by atoms with van der Waals surface area (Å²) in [6.07, 6.45) is 6.88. The van der Waals surface area contributed by atoms with E-state index in [0.717, 1.165) is 17.1 Å². The average Bonchev–Trinajstić information content (AvgIpc) is 3.33. The van der Waals surface area contributed by atoms with Crippen molar-refractivity contribution in [3.05, 3.63) is 55.2 Å². The SMILES string of the molecule is c1cc(-c2ccon2)nc(-c2ccnc(Nc3cnn(C4COC4)c3)n2)c1. The molecule has 1 aliphatic heterocycles. The van der Waals surface area contributed by atoms with Gasteiger partial charge in [0.15, 0.2) is 0 Å². The minimum absolute atomic E-state index is 0.302. The van der Waals surface area contributed by atoms with E-state index < -0.39 is 0 Å². The van der Waals surface area contributed by atoms with Crippen molar-refractivity contribution in [3.63, 3.8) is 0 Å². The van der Waals surface area contributed by atoms with Crippen LogP contribution in [0.2, 0.25) is 0 Å². The molecule has 0 radical (unpaired) electrons. The second kappa shape index (κ2) is 6.61. The van der Waals surface area contributed by atoms with Crippen LogP contribution in [0.25, 0.3) is 22.8 Å². The summed E-state index contributed by atoms with van der Waals surface area (Å²) in [6.45, 7) is 1.39. The predicted molar refractivity (Wildman–Crippen MR) is 96.1 cm³/mol. The zero-order chi connectivity index (χ0) is 18.1. The van der Waals surface area contributed by atoms with Crippen LogP contribution in [0.1, 0.15) is 6.04 Å². The van der Waals surface area contributed by atoms with Crippen molar-refractivity contribution in [1.82, 2.24) is 29.9 Å². The Morgan fingerprint density at radius 3 is 2.63 bits per heavy atom. The number of aromatic nitrogens is 6. The first-order chi connectivity index (χ1) is 13.3.